The van der Waals surface area contributed by atoms with Crippen molar-refractivity contribution in [1.82, 2.24) is 9.38 Å². The molecule has 166 valence electrons. The minimum absolute atomic E-state index is 0.0697. The summed E-state index contributed by atoms with van der Waals surface area (Å²) in [5.74, 6) is 1.32. The molecule has 0 saturated carbocycles. The fourth-order valence-corrected chi connectivity index (χ4v) is 5.47. The first-order chi connectivity index (χ1) is 16.0. The van der Waals surface area contributed by atoms with Gasteiger partial charge in [-0.2, -0.15) is 0 Å². The second-order valence-corrected chi connectivity index (χ2v) is 9.92. The number of para-hydroxylation sites is 2. The average molecular weight is 589 g/mol. The van der Waals surface area contributed by atoms with Gasteiger partial charge in [-0.25, -0.2) is 9.38 Å². The average Bonchev–Trinajstić information content (AvgIpc) is 3.31. The number of benzene rings is 3. The minimum Gasteiger partial charge on any atom is -0.490 e. The second kappa shape index (κ2) is 9.32. The highest BCUT2D eigenvalue weighted by atomic mass is 127. The Hall–Kier alpha value is -2.62. The van der Waals surface area contributed by atoms with Crippen LogP contribution in [0.1, 0.15) is 18.1 Å². The molecule has 5 nitrogen and oxygen atoms in total. The Morgan fingerprint density at radius 1 is 1.12 bits per heavy atom. The Bertz CT molecular complexity index is 1580. The third kappa shape index (κ3) is 4.45. The van der Waals surface area contributed by atoms with Crippen LogP contribution in [0.25, 0.3) is 22.1 Å². The minimum atomic E-state index is -0.0697. The van der Waals surface area contributed by atoms with E-state index in [1.807, 2.05) is 73.7 Å². The molecule has 0 aliphatic rings. The highest BCUT2D eigenvalue weighted by Gasteiger charge is 2.14. The first kappa shape index (κ1) is 22.2. The largest absolute Gasteiger partial charge is 0.490 e. The van der Waals surface area contributed by atoms with Gasteiger partial charge in [-0.15, -0.1) is 0 Å². The van der Waals surface area contributed by atoms with Crippen LogP contribution in [-0.2, 0) is 6.61 Å². The van der Waals surface area contributed by atoms with Crippen LogP contribution < -0.4 is 19.6 Å². The van der Waals surface area contributed by atoms with Crippen LogP contribution in [0, 0.1) is 3.57 Å². The van der Waals surface area contributed by atoms with Gasteiger partial charge in [0.1, 0.15) is 6.61 Å². The second-order valence-electron chi connectivity index (χ2n) is 7.31. The van der Waals surface area contributed by atoms with Gasteiger partial charge in [0.2, 0.25) is 0 Å². The summed E-state index contributed by atoms with van der Waals surface area (Å²) in [4.78, 5) is 18.4. The number of hydrogen-bond donors (Lipinski definition) is 0. The van der Waals surface area contributed by atoms with E-state index < -0.39 is 0 Å². The molecule has 3 aromatic carbocycles. The van der Waals surface area contributed by atoms with Crippen LogP contribution in [0.15, 0.2) is 65.5 Å². The fraction of sp³-hybridized carbons (Fsp3) is 0.120. The lowest BCUT2D eigenvalue weighted by Crippen LogP contribution is -2.22. The maximum atomic E-state index is 13.1. The van der Waals surface area contributed by atoms with Crippen molar-refractivity contribution in [2.45, 2.75) is 13.5 Å². The summed E-state index contributed by atoms with van der Waals surface area (Å²) in [6.07, 6.45) is 1.88. The van der Waals surface area contributed by atoms with E-state index in [2.05, 4.69) is 27.6 Å². The van der Waals surface area contributed by atoms with Crippen LogP contribution in [0.3, 0.4) is 0 Å². The van der Waals surface area contributed by atoms with E-state index in [0.717, 1.165) is 25.7 Å². The summed E-state index contributed by atoms with van der Waals surface area (Å²) < 4.78 is 15.2. The molecule has 0 aliphatic heterocycles. The number of imidazole rings is 1. The van der Waals surface area contributed by atoms with Crippen molar-refractivity contribution in [3.8, 4) is 11.5 Å². The van der Waals surface area contributed by atoms with Gasteiger partial charge < -0.3 is 9.47 Å². The van der Waals surface area contributed by atoms with Gasteiger partial charge in [0.15, 0.2) is 16.5 Å². The molecule has 0 saturated heterocycles. The molecule has 0 amide bonds. The van der Waals surface area contributed by atoms with Crippen molar-refractivity contribution >= 4 is 67.6 Å². The SMILES string of the molecule is CCOc1cc(/C=c2\sc3nc4ccccc4n3c2=O)cc(I)c1OCc1ccc(Cl)cc1. The van der Waals surface area contributed by atoms with Gasteiger partial charge in [-0.1, -0.05) is 47.2 Å². The van der Waals surface area contributed by atoms with Gasteiger partial charge in [0, 0.05) is 5.02 Å². The number of ether oxygens (including phenoxy) is 2. The lowest BCUT2D eigenvalue weighted by Gasteiger charge is -2.15. The number of hydrogen-bond acceptors (Lipinski definition) is 5. The molecular formula is C25H18ClIN2O3S. The molecule has 0 radical (unpaired) electrons. The van der Waals surface area contributed by atoms with E-state index in [1.54, 1.807) is 4.40 Å². The lowest BCUT2D eigenvalue weighted by molar-refractivity contribution is 0.267. The molecular weight excluding hydrogens is 571 g/mol. The summed E-state index contributed by atoms with van der Waals surface area (Å²) >= 11 is 9.59. The smallest absolute Gasteiger partial charge is 0.274 e. The van der Waals surface area contributed by atoms with Crippen LogP contribution in [0.2, 0.25) is 5.02 Å². The molecule has 5 rings (SSSR count). The zero-order valence-electron chi connectivity index (χ0n) is 17.5. The van der Waals surface area contributed by atoms with Crippen molar-refractivity contribution < 1.29 is 9.47 Å². The molecule has 5 aromatic rings. The molecule has 2 aromatic heterocycles. The van der Waals surface area contributed by atoms with Gasteiger partial charge in [0.05, 0.1) is 25.7 Å². The molecule has 0 spiro atoms. The molecule has 0 bridgehead atoms. The van der Waals surface area contributed by atoms with E-state index >= 15 is 0 Å². The Morgan fingerprint density at radius 2 is 1.91 bits per heavy atom. The predicted molar refractivity (Wildman–Crippen MR) is 142 cm³/mol. The van der Waals surface area contributed by atoms with E-state index in [0.29, 0.717) is 39.2 Å². The number of rotatable bonds is 6. The Labute approximate surface area is 212 Å². The summed E-state index contributed by atoms with van der Waals surface area (Å²) in [6, 6.07) is 19.1. The van der Waals surface area contributed by atoms with E-state index in [1.165, 1.54) is 11.3 Å². The van der Waals surface area contributed by atoms with Gasteiger partial charge in [0.25, 0.3) is 5.56 Å². The standard InChI is InChI=1S/C25H18ClIN2O3S/c1-2-31-21-12-16(11-18(27)23(21)32-14-15-7-9-17(26)10-8-15)13-22-24(30)29-20-6-4-3-5-19(20)28-25(29)33-22/h3-13H,2,14H2,1H3/b22-13-. The molecule has 0 atom stereocenters. The number of aromatic nitrogens is 2. The van der Waals surface area contributed by atoms with Crippen LogP contribution in [0.4, 0.5) is 0 Å². The number of nitrogens with zero attached hydrogens (tertiary/aromatic N) is 2. The molecule has 2 heterocycles. The quantitative estimate of drug-likeness (QED) is 0.239. The number of thiazole rings is 1. The van der Waals surface area contributed by atoms with Crippen molar-refractivity contribution in [1.29, 1.82) is 0 Å². The number of halogens is 2. The summed E-state index contributed by atoms with van der Waals surface area (Å²) in [5.41, 5.74) is 3.46. The molecule has 0 N–H and O–H groups in total. The van der Waals surface area contributed by atoms with Crippen molar-refractivity contribution in [3.05, 3.63) is 95.3 Å². The zero-order chi connectivity index (χ0) is 22.9. The third-order valence-corrected chi connectivity index (χ3v) is 7.09. The van der Waals surface area contributed by atoms with E-state index in [-0.39, 0.29) is 5.56 Å². The van der Waals surface area contributed by atoms with Crippen LogP contribution >= 0.6 is 45.5 Å². The lowest BCUT2D eigenvalue weighted by atomic mass is 10.2. The summed E-state index contributed by atoms with van der Waals surface area (Å²) in [7, 11) is 0. The van der Waals surface area contributed by atoms with Crippen LogP contribution in [-0.4, -0.2) is 16.0 Å². The predicted octanol–water partition coefficient (Wildman–Crippen LogP) is 5.69. The number of fused-ring (bicyclic) bond motifs is 3. The normalized spacial score (nSPS) is 12.0. The topological polar surface area (TPSA) is 52.8 Å². The monoisotopic (exact) mass is 588 g/mol. The Balaban J connectivity index is 1.52. The van der Waals surface area contributed by atoms with Crippen LogP contribution in [0.5, 0.6) is 11.5 Å². The maximum Gasteiger partial charge on any atom is 0.274 e. The third-order valence-electron chi connectivity index (χ3n) is 5.07. The maximum absolute atomic E-state index is 13.1. The van der Waals surface area contributed by atoms with E-state index in [4.69, 9.17) is 21.1 Å². The molecule has 0 aliphatic carbocycles. The van der Waals surface area contributed by atoms with Crippen molar-refractivity contribution in [2.24, 2.45) is 0 Å². The van der Waals surface area contributed by atoms with Crippen molar-refractivity contribution in [3.63, 3.8) is 0 Å². The molecule has 0 unspecified atom stereocenters. The highest BCUT2D eigenvalue weighted by Crippen LogP contribution is 2.35. The van der Waals surface area contributed by atoms with Gasteiger partial charge in [-0.3, -0.25) is 4.79 Å². The summed E-state index contributed by atoms with van der Waals surface area (Å²) in [5, 5.41) is 0.690. The van der Waals surface area contributed by atoms with Crippen molar-refractivity contribution in [2.75, 3.05) is 6.61 Å². The zero-order valence-corrected chi connectivity index (χ0v) is 21.3. The van der Waals surface area contributed by atoms with Gasteiger partial charge in [-0.05, 0) is 83.1 Å². The molecule has 33 heavy (non-hydrogen) atoms. The Kier molecular flexibility index (Phi) is 6.27. The first-order valence-corrected chi connectivity index (χ1v) is 12.6. The van der Waals surface area contributed by atoms with E-state index in [9.17, 15) is 4.79 Å². The summed E-state index contributed by atoms with van der Waals surface area (Å²) in [6.45, 7) is 2.83. The molecule has 0 fully saturated rings. The fourth-order valence-electron chi connectivity index (χ4n) is 3.57. The highest BCUT2D eigenvalue weighted by molar-refractivity contribution is 14.1. The molecule has 8 heteroatoms. The Morgan fingerprint density at radius 3 is 2.70 bits per heavy atom. The first-order valence-electron chi connectivity index (χ1n) is 10.3. The van der Waals surface area contributed by atoms with Gasteiger partial charge >= 0.3 is 0 Å².